The molecular formula is C5H7NO4S. The van der Waals surface area contributed by atoms with Crippen molar-refractivity contribution in [1.29, 1.82) is 0 Å². The lowest BCUT2D eigenvalue weighted by Crippen LogP contribution is -1.93. The van der Waals surface area contributed by atoms with E-state index in [9.17, 15) is 9.59 Å². The molecule has 0 spiro atoms. The van der Waals surface area contributed by atoms with Gasteiger partial charge in [0.1, 0.15) is 0 Å². The second kappa shape index (κ2) is 5.87. The summed E-state index contributed by atoms with van der Waals surface area (Å²) >= 11 is 1.30. The first-order chi connectivity index (χ1) is 5.16. The smallest absolute Gasteiger partial charge is 0.301 e. The van der Waals surface area contributed by atoms with E-state index in [2.05, 4.69) is 9.29 Å². The highest BCUT2D eigenvalue weighted by atomic mass is 32.2. The summed E-state index contributed by atoms with van der Waals surface area (Å²) in [4.78, 5) is 22.5. The summed E-state index contributed by atoms with van der Waals surface area (Å²) in [7, 11) is 0. The largest absolute Gasteiger partial charge is 0.339 e. The van der Waals surface area contributed by atoms with Crippen molar-refractivity contribution in [3.05, 3.63) is 0 Å². The molecule has 0 aromatic rings. The molecule has 1 N–H and O–H groups in total. The third kappa shape index (κ3) is 7.01. The molecule has 1 rings (SSSR count). The fourth-order valence-electron chi connectivity index (χ4n) is 0.234. The van der Waals surface area contributed by atoms with Crippen LogP contribution in [0.3, 0.4) is 0 Å². The number of nitrogens with zero attached hydrogens (tertiary/aromatic N) is 1. The lowest BCUT2D eigenvalue weighted by Gasteiger charge is -1.76. The highest BCUT2D eigenvalue weighted by molar-refractivity contribution is 7.99. The van der Waals surface area contributed by atoms with Crippen LogP contribution in [0.1, 0.15) is 6.92 Å². The van der Waals surface area contributed by atoms with E-state index in [0.717, 1.165) is 6.92 Å². The molecule has 5 nitrogen and oxygen atoms in total. The average Bonchev–Trinajstić information content (AvgIpc) is 2.41. The molecule has 11 heavy (non-hydrogen) atoms. The van der Waals surface area contributed by atoms with Crippen LogP contribution in [0.5, 0.6) is 0 Å². The summed E-state index contributed by atoms with van der Waals surface area (Å²) in [5, 5.41) is 7.29. The quantitative estimate of drug-likeness (QED) is 0.327. The summed E-state index contributed by atoms with van der Waals surface area (Å²) in [5.41, 5.74) is 0. The molecule has 0 saturated heterocycles. The van der Waals surface area contributed by atoms with Crippen LogP contribution in [0.2, 0.25) is 0 Å². The van der Waals surface area contributed by atoms with Gasteiger partial charge in [-0.15, -0.1) is 0 Å². The molecule has 0 atom stereocenters. The fourth-order valence-corrected chi connectivity index (χ4v) is 0.703. The van der Waals surface area contributed by atoms with Crippen molar-refractivity contribution in [3.8, 4) is 0 Å². The van der Waals surface area contributed by atoms with E-state index >= 15 is 0 Å². The van der Waals surface area contributed by atoms with Gasteiger partial charge in [0.2, 0.25) is 0 Å². The summed E-state index contributed by atoms with van der Waals surface area (Å²) < 4.78 is 3.61. The van der Waals surface area contributed by atoms with E-state index in [1.54, 1.807) is 0 Å². The van der Waals surface area contributed by atoms with Gasteiger partial charge in [-0.3, -0.25) is 4.79 Å². The Kier molecular flexibility index (Phi) is 5.40. The van der Waals surface area contributed by atoms with Gasteiger partial charge in [0.25, 0.3) is 0 Å². The zero-order chi connectivity index (χ0) is 8.69. The minimum atomic E-state index is -0.690. The molecule has 0 radical (unpaired) electrons. The van der Waals surface area contributed by atoms with E-state index in [-0.39, 0.29) is 5.78 Å². The predicted octanol–water partition coefficient (Wildman–Crippen LogP) is 0.311. The van der Waals surface area contributed by atoms with Crippen molar-refractivity contribution >= 4 is 29.9 Å². The maximum atomic E-state index is 10.1. The van der Waals surface area contributed by atoms with Gasteiger partial charge in [-0.05, 0) is 11.9 Å². The number of Topliss-reactive ketones (excluding diaryl/α,β-unsaturated/α-hetero) is 1. The second-order valence-electron chi connectivity index (χ2n) is 1.56. The first-order valence-electron chi connectivity index (χ1n) is 2.67. The van der Waals surface area contributed by atoms with Gasteiger partial charge < -0.3 is 4.89 Å². The maximum Gasteiger partial charge on any atom is 0.339 e. The normalized spacial score (nSPS) is 13.8. The van der Waals surface area contributed by atoms with Crippen molar-refractivity contribution in [3.63, 3.8) is 0 Å². The Morgan fingerprint density at radius 3 is 2.55 bits per heavy atom. The van der Waals surface area contributed by atoms with Crippen LogP contribution in [0, 0.1) is 0 Å². The van der Waals surface area contributed by atoms with E-state index < -0.39 is 5.97 Å². The monoisotopic (exact) mass is 177 g/mol. The van der Waals surface area contributed by atoms with Crippen molar-refractivity contribution in [2.45, 2.75) is 6.92 Å². The molecule has 0 amide bonds. The van der Waals surface area contributed by atoms with E-state index in [1.807, 2.05) is 0 Å². The lowest BCUT2D eigenvalue weighted by atomic mass is 10.5. The van der Waals surface area contributed by atoms with E-state index in [1.165, 1.54) is 18.2 Å². The molecule has 0 aromatic heterocycles. The zero-order valence-corrected chi connectivity index (χ0v) is 6.63. The predicted molar refractivity (Wildman–Crippen MR) is 40.4 cm³/mol. The molecule has 62 valence electrons. The molecule has 6 heteroatoms. The van der Waals surface area contributed by atoms with Gasteiger partial charge in [-0.25, -0.2) is 9.19 Å². The highest BCUT2D eigenvalue weighted by Gasteiger charge is 2.01. The number of ketones is 1. The van der Waals surface area contributed by atoms with Crippen LogP contribution in [0.4, 0.5) is 0 Å². The number of carbonyl (C=O) groups is 2. The topological polar surface area (TPSA) is 76.0 Å². The van der Waals surface area contributed by atoms with Crippen LogP contribution in [0.25, 0.3) is 0 Å². The van der Waals surface area contributed by atoms with Crippen LogP contribution in [-0.2, 0) is 14.5 Å². The van der Waals surface area contributed by atoms with Crippen molar-refractivity contribution in [1.82, 2.24) is 0 Å². The van der Waals surface area contributed by atoms with Crippen molar-refractivity contribution in [2.24, 2.45) is 4.40 Å². The number of rotatable bonds is 0. The summed E-state index contributed by atoms with van der Waals surface area (Å²) in [6.45, 7) is 1.11. The fraction of sp³-hybridized carbons (Fsp3) is 0.400. The molecule has 0 fully saturated rings. The van der Waals surface area contributed by atoms with Gasteiger partial charge in [0.15, 0.2) is 5.78 Å². The van der Waals surface area contributed by atoms with Gasteiger partial charge in [-0.1, -0.05) is 0 Å². The first-order valence-corrected chi connectivity index (χ1v) is 3.61. The summed E-state index contributed by atoms with van der Waals surface area (Å²) in [6, 6.07) is 0. The average molecular weight is 177 g/mol. The third-order valence-corrected chi connectivity index (χ3v) is 1.27. The van der Waals surface area contributed by atoms with Crippen molar-refractivity contribution < 1.29 is 19.7 Å². The first kappa shape index (κ1) is 10.1. The minimum Gasteiger partial charge on any atom is -0.301 e. The third-order valence-electron chi connectivity index (χ3n) is 0.607. The molecule has 0 saturated carbocycles. The zero-order valence-electron chi connectivity index (χ0n) is 5.81. The molecule has 1 aliphatic rings. The Labute approximate surface area is 67.5 Å². The molecular weight excluding hydrogens is 170 g/mol. The molecule has 0 aliphatic carbocycles. The van der Waals surface area contributed by atoms with Gasteiger partial charge in [0, 0.05) is 6.92 Å². The maximum absolute atomic E-state index is 10.1. The van der Waals surface area contributed by atoms with Crippen LogP contribution in [-0.4, -0.2) is 29.0 Å². The number of hydrogen-bond donors (Lipinski definition) is 1. The van der Waals surface area contributed by atoms with Crippen molar-refractivity contribution in [2.75, 3.05) is 5.75 Å². The van der Waals surface area contributed by atoms with Gasteiger partial charge in [0.05, 0.1) is 12.0 Å². The highest BCUT2D eigenvalue weighted by Crippen LogP contribution is 2.05. The Bertz CT molecular complexity index is 179. The molecule has 1 heterocycles. The summed E-state index contributed by atoms with van der Waals surface area (Å²) in [6.07, 6.45) is 1.35. The Morgan fingerprint density at radius 2 is 2.45 bits per heavy atom. The van der Waals surface area contributed by atoms with Gasteiger partial charge >= 0.3 is 5.97 Å². The second-order valence-corrected chi connectivity index (χ2v) is 2.31. The molecule has 0 aromatic carbocycles. The van der Waals surface area contributed by atoms with E-state index in [4.69, 9.17) is 5.26 Å². The molecule has 0 unspecified atom stereocenters. The SMILES string of the molecule is CC(=O)OO.O=C1C=NSC1. The Balaban J connectivity index is 0.000000187. The van der Waals surface area contributed by atoms with Crippen LogP contribution in [0.15, 0.2) is 4.40 Å². The van der Waals surface area contributed by atoms with E-state index in [0.29, 0.717) is 5.75 Å². The van der Waals surface area contributed by atoms with Crippen LogP contribution >= 0.6 is 11.9 Å². The lowest BCUT2D eigenvalue weighted by molar-refractivity contribution is -0.231. The number of hydrogen-bond acceptors (Lipinski definition) is 6. The Morgan fingerprint density at radius 1 is 1.91 bits per heavy atom. The molecule has 0 bridgehead atoms. The Hall–Kier alpha value is -0.880. The number of carbonyl (C=O) groups excluding carboxylic acids is 2. The van der Waals surface area contributed by atoms with Gasteiger partial charge in [-0.2, -0.15) is 5.26 Å². The standard InChI is InChI=1S/C3H3NOS.C2H4O3/c5-3-1-4-6-2-3;1-2(3)5-4/h1H,2H2;4H,1H3. The molecule has 1 aliphatic heterocycles. The minimum absolute atomic E-state index is 0.125. The summed E-state index contributed by atoms with van der Waals surface area (Å²) in [5.74, 6) is -0.0231. The van der Waals surface area contributed by atoms with Crippen LogP contribution < -0.4 is 0 Å².